The van der Waals surface area contributed by atoms with Crippen LogP contribution >= 0.6 is 0 Å². The molecule has 1 atom stereocenters. The van der Waals surface area contributed by atoms with Crippen LogP contribution in [0.25, 0.3) is 0 Å². The van der Waals surface area contributed by atoms with Crippen LogP contribution in [0.2, 0.25) is 0 Å². The van der Waals surface area contributed by atoms with Crippen molar-refractivity contribution >= 4 is 17.6 Å². The summed E-state index contributed by atoms with van der Waals surface area (Å²) in [6.07, 6.45) is -4.16. The van der Waals surface area contributed by atoms with Gasteiger partial charge in [0, 0.05) is 38.3 Å². The Labute approximate surface area is 179 Å². The van der Waals surface area contributed by atoms with E-state index in [4.69, 9.17) is 0 Å². The van der Waals surface area contributed by atoms with Gasteiger partial charge < -0.3 is 15.1 Å². The molecule has 1 N–H and O–H groups in total. The van der Waals surface area contributed by atoms with Crippen LogP contribution < -0.4 is 5.32 Å². The van der Waals surface area contributed by atoms with Gasteiger partial charge in [-0.15, -0.1) is 0 Å². The molecule has 31 heavy (non-hydrogen) atoms. The second kappa shape index (κ2) is 9.41. The van der Waals surface area contributed by atoms with E-state index in [0.717, 1.165) is 23.4 Å². The van der Waals surface area contributed by atoms with E-state index < -0.39 is 11.7 Å². The average molecular weight is 433 g/mol. The Bertz CT molecular complexity index is 920. The van der Waals surface area contributed by atoms with Crippen LogP contribution in [-0.4, -0.2) is 47.9 Å². The van der Waals surface area contributed by atoms with Crippen molar-refractivity contribution in [2.45, 2.75) is 32.4 Å². The maximum atomic E-state index is 12.7. The van der Waals surface area contributed by atoms with E-state index in [2.05, 4.69) is 5.32 Å². The summed E-state index contributed by atoms with van der Waals surface area (Å²) >= 11 is 0. The zero-order valence-corrected chi connectivity index (χ0v) is 17.6. The third-order valence-electron chi connectivity index (χ3n) is 5.48. The fourth-order valence-electron chi connectivity index (χ4n) is 3.59. The van der Waals surface area contributed by atoms with Crippen molar-refractivity contribution in [2.75, 3.05) is 31.5 Å². The molecule has 8 heteroatoms. The van der Waals surface area contributed by atoms with Crippen LogP contribution in [0.15, 0.2) is 48.5 Å². The summed E-state index contributed by atoms with van der Waals surface area (Å²) in [4.78, 5) is 28.5. The van der Waals surface area contributed by atoms with Gasteiger partial charge in [0.15, 0.2) is 0 Å². The number of nitrogens with one attached hydrogen (secondary N) is 1. The number of carbonyl (C=O) groups excluding carboxylic acids is 2. The molecule has 1 fully saturated rings. The Hall–Kier alpha value is -3.03. The van der Waals surface area contributed by atoms with E-state index in [9.17, 15) is 22.8 Å². The van der Waals surface area contributed by atoms with Gasteiger partial charge in [-0.25, -0.2) is 4.79 Å². The molecular weight excluding hydrogens is 407 g/mol. The van der Waals surface area contributed by atoms with Crippen molar-refractivity contribution in [3.05, 3.63) is 65.2 Å². The molecule has 0 radical (unpaired) electrons. The molecule has 1 heterocycles. The Kier molecular flexibility index (Phi) is 6.87. The van der Waals surface area contributed by atoms with Crippen molar-refractivity contribution in [1.29, 1.82) is 0 Å². The number of piperazine rings is 1. The zero-order valence-electron chi connectivity index (χ0n) is 17.6. The standard InChI is InChI=1S/C23H26F3N3O2/c1-16-4-3-5-20(14-16)27-22(31)29-12-10-28(11-13-29)21(30)15-17(2)18-6-8-19(9-7-18)23(24,25)26/h3-9,14,17H,10-13,15H2,1-2H3,(H,27,31). The van der Waals surface area contributed by atoms with Crippen LogP contribution in [0.5, 0.6) is 0 Å². The van der Waals surface area contributed by atoms with Crippen molar-refractivity contribution < 1.29 is 22.8 Å². The molecule has 2 aromatic rings. The van der Waals surface area contributed by atoms with Gasteiger partial charge >= 0.3 is 12.2 Å². The molecule has 0 bridgehead atoms. The van der Waals surface area contributed by atoms with Crippen LogP contribution in [0.4, 0.5) is 23.7 Å². The molecule has 1 unspecified atom stereocenters. The van der Waals surface area contributed by atoms with Crippen LogP contribution in [-0.2, 0) is 11.0 Å². The van der Waals surface area contributed by atoms with Crippen molar-refractivity contribution in [2.24, 2.45) is 0 Å². The first kappa shape index (κ1) is 22.7. The quantitative estimate of drug-likeness (QED) is 0.747. The molecule has 1 saturated heterocycles. The minimum absolute atomic E-state index is 0.0638. The van der Waals surface area contributed by atoms with Gasteiger partial charge in [-0.05, 0) is 48.2 Å². The molecule has 1 aliphatic rings. The van der Waals surface area contributed by atoms with Gasteiger partial charge in [0.25, 0.3) is 0 Å². The maximum absolute atomic E-state index is 12.7. The van der Waals surface area contributed by atoms with E-state index in [1.54, 1.807) is 9.80 Å². The number of urea groups is 1. The van der Waals surface area contributed by atoms with E-state index >= 15 is 0 Å². The molecule has 5 nitrogen and oxygen atoms in total. The molecule has 166 valence electrons. The summed E-state index contributed by atoms with van der Waals surface area (Å²) in [5.74, 6) is -0.261. The number of alkyl halides is 3. The number of carbonyl (C=O) groups is 2. The van der Waals surface area contributed by atoms with Crippen LogP contribution in [0, 0.1) is 6.92 Å². The van der Waals surface area contributed by atoms with Crippen LogP contribution in [0.1, 0.15) is 36.0 Å². The lowest BCUT2D eigenvalue weighted by Gasteiger charge is -2.35. The molecule has 2 aromatic carbocycles. The number of halogens is 3. The summed E-state index contributed by atoms with van der Waals surface area (Å²) in [6.45, 7) is 5.49. The van der Waals surface area contributed by atoms with Gasteiger partial charge in [0.05, 0.1) is 5.56 Å². The number of amides is 3. The lowest BCUT2D eigenvalue weighted by Crippen LogP contribution is -2.51. The SMILES string of the molecule is Cc1cccc(NC(=O)N2CCN(C(=O)CC(C)c3ccc(C(F)(F)F)cc3)CC2)c1. The number of aryl methyl sites for hydroxylation is 1. The first-order valence-corrected chi connectivity index (χ1v) is 10.2. The molecule has 0 saturated carbocycles. The van der Waals surface area contributed by atoms with Gasteiger partial charge in [-0.3, -0.25) is 4.79 Å². The van der Waals surface area contributed by atoms with Crippen molar-refractivity contribution in [3.8, 4) is 0 Å². The predicted octanol–water partition coefficient (Wildman–Crippen LogP) is 4.88. The van der Waals surface area contributed by atoms with E-state index in [1.807, 2.05) is 38.1 Å². The highest BCUT2D eigenvalue weighted by Crippen LogP contribution is 2.30. The molecule has 3 amide bonds. The lowest BCUT2D eigenvalue weighted by molar-refractivity contribution is -0.137. The first-order valence-electron chi connectivity index (χ1n) is 10.2. The second-order valence-electron chi connectivity index (χ2n) is 7.89. The maximum Gasteiger partial charge on any atom is 0.416 e. The Balaban J connectivity index is 1.49. The summed E-state index contributed by atoms with van der Waals surface area (Å²) in [5.41, 5.74) is 1.77. The number of anilines is 1. The molecule has 0 aliphatic carbocycles. The lowest BCUT2D eigenvalue weighted by atomic mass is 9.96. The summed E-state index contributed by atoms with van der Waals surface area (Å²) in [6, 6.07) is 12.3. The average Bonchev–Trinajstić information content (AvgIpc) is 2.73. The Morgan fingerprint density at radius 1 is 1.00 bits per heavy atom. The highest BCUT2D eigenvalue weighted by Gasteiger charge is 2.30. The zero-order chi connectivity index (χ0) is 22.6. The normalized spacial score (nSPS) is 15.5. The molecule has 0 aromatic heterocycles. The number of hydrogen-bond donors (Lipinski definition) is 1. The van der Waals surface area contributed by atoms with Gasteiger partial charge in [-0.1, -0.05) is 31.2 Å². The van der Waals surface area contributed by atoms with Crippen molar-refractivity contribution in [1.82, 2.24) is 9.80 Å². The minimum atomic E-state index is -4.37. The Morgan fingerprint density at radius 3 is 2.19 bits per heavy atom. The fourth-order valence-corrected chi connectivity index (χ4v) is 3.59. The third kappa shape index (κ3) is 5.99. The molecule has 1 aliphatic heterocycles. The number of benzene rings is 2. The summed E-state index contributed by atoms with van der Waals surface area (Å²) < 4.78 is 38.1. The Morgan fingerprint density at radius 2 is 1.61 bits per heavy atom. The van der Waals surface area contributed by atoms with E-state index in [1.165, 1.54) is 12.1 Å². The van der Waals surface area contributed by atoms with E-state index in [0.29, 0.717) is 31.7 Å². The smallest absolute Gasteiger partial charge is 0.339 e. The highest BCUT2D eigenvalue weighted by molar-refractivity contribution is 5.89. The molecule has 3 rings (SSSR count). The van der Waals surface area contributed by atoms with Gasteiger partial charge in [-0.2, -0.15) is 13.2 Å². The van der Waals surface area contributed by atoms with Gasteiger partial charge in [0.2, 0.25) is 5.91 Å². The molecule has 0 spiro atoms. The summed E-state index contributed by atoms with van der Waals surface area (Å²) in [5, 5.41) is 2.87. The van der Waals surface area contributed by atoms with Crippen LogP contribution in [0.3, 0.4) is 0 Å². The fraction of sp³-hybridized carbons (Fsp3) is 0.391. The highest BCUT2D eigenvalue weighted by atomic mass is 19.4. The monoisotopic (exact) mass is 433 g/mol. The minimum Gasteiger partial charge on any atom is -0.339 e. The largest absolute Gasteiger partial charge is 0.416 e. The number of hydrogen-bond acceptors (Lipinski definition) is 2. The first-order chi connectivity index (χ1) is 14.6. The topological polar surface area (TPSA) is 52.7 Å². The van der Waals surface area contributed by atoms with E-state index in [-0.39, 0.29) is 24.3 Å². The second-order valence-corrected chi connectivity index (χ2v) is 7.89. The number of rotatable bonds is 4. The van der Waals surface area contributed by atoms with Crippen molar-refractivity contribution in [3.63, 3.8) is 0 Å². The predicted molar refractivity (Wildman–Crippen MR) is 113 cm³/mol. The molecular formula is C23H26F3N3O2. The third-order valence-corrected chi connectivity index (χ3v) is 5.48. The van der Waals surface area contributed by atoms with Gasteiger partial charge in [0.1, 0.15) is 0 Å². The summed E-state index contributed by atoms with van der Waals surface area (Å²) in [7, 11) is 0. The number of nitrogens with zero attached hydrogens (tertiary/aromatic N) is 2.